The van der Waals surface area contributed by atoms with Crippen molar-refractivity contribution in [2.45, 2.75) is 39.2 Å². The zero-order valence-corrected chi connectivity index (χ0v) is 18.3. The Morgan fingerprint density at radius 1 is 1.09 bits per heavy atom. The molecular weight excluding hydrogens is 403 g/mol. The lowest BCUT2D eigenvalue weighted by Gasteiger charge is -2.17. The second-order valence-electron chi connectivity index (χ2n) is 8.52. The maximum atomic E-state index is 13.8. The van der Waals surface area contributed by atoms with Crippen molar-refractivity contribution in [2.24, 2.45) is 0 Å². The molecule has 162 valence electrons. The second kappa shape index (κ2) is 8.07. The molecule has 5 rings (SSSR count). The van der Waals surface area contributed by atoms with Crippen molar-refractivity contribution in [1.82, 2.24) is 24.6 Å². The van der Waals surface area contributed by atoms with Crippen LogP contribution in [0.25, 0.3) is 27.8 Å². The molecule has 32 heavy (non-hydrogen) atoms. The maximum Gasteiger partial charge on any atom is 0.161 e. The molecular formula is C25H25FN6. The van der Waals surface area contributed by atoms with E-state index in [0.717, 1.165) is 29.0 Å². The van der Waals surface area contributed by atoms with E-state index in [1.54, 1.807) is 6.20 Å². The van der Waals surface area contributed by atoms with Gasteiger partial charge in [-0.3, -0.25) is 4.98 Å². The number of hydrogen-bond acceptors (Lipinski definition) is 4. The van der Waals surface area contributed by atoms with Gasteiger partial charge in [-0.1, -0.05) is 32.0 Å². The van der Waals surface area contributed by atoms with Gasteiger partial charge >= 0.3 is 0 Å². The number of anilines is 1. The molecule has 0 aliphatic rings. The van der Waals surface area contributed by atoms with Gasteiger partial charge in [0.1, 0.15) is 11.6 Å². The summed E-state index contributed by atoms with van der Waals surface area (Å²) in [4.78, 5) is 12.1. The molecule has 0 saturated carbocycles. The Balaban J connectivity index is 1.53. The van der Waals surface area contributed by atoms with Crippen LogP contribution in [0.3, 0.4) is 0 Å². The normalized spacial score (nSPS) is 12.7. The SMILES string of the molecule is CC(C)c1cnn2c(N[C@@H](C)Cc3c[nH]c4ccccc34)cc(-c3cncc(F)c3)nc12. The van der Waals surface area contributed by atoms with Gasteiger partial charge in [0.15, 0.2) is 5.65 Å². The summed E-state index contributed by atoms with van der Waals surface area (Å²) in [6.07, 6.45) is 7.59. The Morgan fingerprint density at radius 2 is 1.94 bits per heavy atom. The summed E-state index contributed by atoms with van der Waals surface area (Å²) < 4.78 is 15.7. The number of fused-ring (bicyclic) bond motifs is 2. The predicted octanol–water partition coefficient (Wildman–Crippen LogP) is 5.58. The van der Waals surface area contributed by atoms with Gasteiger partial charge in [-0.15, -0.1) is 0 Å². The van der Waals surface area contributed by atoms with Crippen LogP contribution in [-0.4, -0.2) is 30.6 Å². The highest BCUT2D eigenvalue weighted by Crippen LogP contribution is 2.28. The minimum atomic E-state index is -0.385. The molecule has 0 aliphatic carbocycles. The van der Waals surface area contributed by atoms with E-state index in [4.69, 9.17) is 4.98 Å². The Hall–Kier alpha value is -3.74. The molecule has 0 unspecified atom stereocenters. The van der Waals surface area contributed by atoms with Gasteiger partial charge in [-0.05, 0) is 37.0 Å². The number of aromatic amines is 1. The largest absolute Gasteiger partial charge is 0.367 e. The van der Waals surface area contributed by atoms with Crippen LogP contribution < -0.4 is 5.32 Å². The number of nitrogens with one attached hydrogen (secondary N) is 2. The Bertz CT molecular complexity index is 1400. The van der Waals surface area contributed by atoms with Crippen LogP contribution in [0.4, 0.5) is 10.2 Å². The van der Waals surface area contributed by atoms with E-state index >= 15 is 0 Å². The summed E-state index contributed by atoms with van der Waals surface area (Å²) in [7, 11) is 0. The number of hydrogen-bond donors (Lipinski definition) is 2. The summed E-state index contributed by atoms with van der Waals surface area (Å²) in [6, 6.07) is 11.8. The lowest BCUT2D eigenvalue weighted by molar-refractivity contribution is 0.622. The first kappa shape index (κ1) is 20.2. The van der Waals surface area contributed by atoms with Crippen LogP contribution in [-0.2, 0) is 6.42 Å². The van der Waals surface area contributed by atoms with Gasteiger partial charge in [-0.25, -0.2) is 9.37 Å². The Morgan fingerprint density at radius 3 is 2.75 bits per heavy atom. The fraction of sp³-hybridized carbons (Fsp3) is 0.240. The number of halogens is 1. The molecule has 0 radical (unpaired) electrons. The van der Waals surface area contributed by atoms with Gasteiger partial charge in [-0.2, -0.15) is 9.61 Å². The van der Waals surface area contributed by atoms with E-state index in [-0.39, 0.29) is 17.8 Å². The van der Waals surface area contributed by atoms with Crippen LogP contribution in [0.1, 0.15) is 37.8 Å². The minimum Gasteiger partial charge on any atom is -0.367 e. The zero-order valence-electron chi connectivity index (χ0n) is 18.3. The van der Waals surface area contributed by atoms with E-state index in [0.29, 0.717) is 11.3 Å². The molecule has 4 heterocycles. The molecule has 0 fully saturated rings. The molecule has 6 nitrogen and oxygen atoms in total. The molecule has 2 N–H and O–H groups in total. The van der Waals surface area contributed by atoms with Crippen LogP contribution in [0.5, 0.6) is 0 Å². The number of rotatable bonds is 6. The van der Waals surface area contributed by atoms with E-state index < -0.39 is 0 Å². The number of H-pyrrole nitrogens is 1. The van der Waals surface area contributed by atoms with Crippen LogP contribution in [0, 0.1) is 5.82 Å². The molecule has 0 spiro atoms. The number of aromatic nitrogens is 5. The van der Waals surface area contributed by atoms with Crippen molar-refractivity contribution >= 4 is 22.4 Å². The summed E-state index contributed by atoms with van der Waals surface area (Å²) >= 11 is 0. The lowest BCUT2D eigenvalue weighted by Crippen LogP contribution is -2.20. The van der Waals surface area contributed by atoms with Crippen LogP contribution in [0.2, 0.25) is 0 Å². The second-order valence-corrected chi connectivity index (χ2v) is 8.52. The summed E-state index contributed by atoms with van der Waals surface area (Å²) in [5.74, 6) is 0.690. The van der Waals surface area contributed by atoms with Crippen LogP contribution >= 0.6 is 0 Å². The molecule has 7 heteroatoms. The average Bonchev–Trinajstić information content (AvgIpc) is 3.38. The molecule has 1 aromatic carbocycles. The van der Waals surface area contributed by atoms with Gasteiger partial charge in [0, 0.05) is 46.5 Å². The van der Waals surface area contributed by atoms with Gasteiger partial charge in [0.2, 0.25) is 0 Å². The van der Waals surface area contributed by atoms with Crippen molar-refractivity contribution in [3.8, 4) is 11.3 Å². The maximum absolute atomic E-state index is 13.8. The van der Waals surface area contributed by atoms with Crippen molar-refractivity contribution in [3.05, 3.63) is 78.1 Å². The first-order chi connectivity index (χ1) is 15.5. The fourth-order valence-corrected chi connectivity index (χ4v) is 4.12. The number of benzene rings is 1. The fourth-order valence-electron chi connectivity index (χ4n) is 4.12. The van der Waals surface area contributed by atoms with E-state index in [2.05, 4.69) is 65.6 Å². The van der Waals surface area contributed by atoms with Gasteiger partial charge in [0.25, 0.3) is 0 Å². The molecule has 4 aromatic heterocycles. The molecule has 0 saturated heterocycles. The van der Waals surface area contributed by atoms with E-state index in [9.17, 15) is 4.39 Å². The molecule has 0 amide bonds. The highest BCUT2D eigenvalue weighted by atomic mass is 19.1. The standard InChI is InChI=1S/C25H25FN6/c1-15(2)21-14-29-32-24(10-23(31-25(21)32)18-9-19(26)13-27-11-18)30-16(3)8-17-12-28-22-7-5-4-6-20(17)22/h4-7,9-16,28,30H,8H2,1-3H3/t16-/m0/s1. The van der Waals surface area contributed by atoms with Crippen molar-refractivity contribution < 1.29 is 4.39 Å². The Labute approximate surface area is 185 Å². The average molecular weight is 429 g/mol. The quantitative estimate of drug-likeness (QED) is 0.370. The number of para-hydroxylation sites is 1. The molecule has 1 atom stereocenters. The summed E-state index contributed by atoms with van der Waals surface area (Å²) in [5.41, 5.74) is 5.50. The Kier molecular flexibility index (Phi) is 5.09. The molecule has 0 aliphatic heterocycles. The highest BCUT2D eigenvalue weighted by Gasteiger charge is 2.17. The minimum absolute atomic E-state index is 0.130. The van der Waals surface area contributed by atoms with Gasteiger partial charge < -0.3 is 10.3 Å². The van der Waals surface area contributed by atoms with Crippen molar-refractivity contribution in [1.29, 1.82) is 0 Å². The van der Waals surface area contributed by atoms with Crippen molar-refractivity contribution in [2.75, 3.05) is 5.32 Å². The van der Waals surface area contributed by atoms with Crippen LogP contribution in [0.15, 0.2) is 61.2 Å². The van der Waals surface area contributed by atoms with E-state index in [1.165, 1.54) is 23.2 Å². The topological polar surface area (TPSA) is 70.9 Å². The summed E-state index contributed by atoms with van der Waals surface area (Å²) in [5, 5.41) is 9.42. The third-order valence-corrected chi connectivity index (χ3v) is 5.72. The highest BCUT2D eigenvalue weighted by molar-refractivity contribution is 5.83. The van der Waals surface area contributed by atoms with Gasteiger partial charge in [0.05, 0.1) is 18.1 Å². The molecule has 0 bridgehead atoms. The van der Waals surface area contributed by atoms with E-state index in [1.807, 2.05) is 22.8 Å². The summed E-state index contributed by atoms with van der Waals surface area (Å²) in [6.45, 7) is 6.37. The number of pyridine rings is 1. The third kappa shape index (κ3) is 3.70. The monoisotopic (exact) mass is 428 g/mol. The lowest BCUT2D eigenvalue weighted by atomic mass is 10.1. The zero-order chi connectivity index (χ0) is 22.2. The first-order valence-corrected chi connectivity index (χ1v) is 10.8. The third-order valence-electron chi connectivity index (χ3n) is 5.72. The smallest absolute Gasteiger partial charge is 0.161 e. The van der Waals surface area contributed by atoms with Crippen molar-refractivity contribution in [3.63, 3.8) is 0 Å². The predicted molar refractivity (Wildman–Crippen MR) is 125 cm³/mol. The molecule has 5 aromatic rings. The first-order valence-electron chi connectivity index (χ1n) is 10.8. The number of nitrogens with zero attached hydrogens (tertiary/aromatic N) is 4.